The quantitative estimate of drug-likeness (QED) is 0.925. The lowest BCUT2D eigenvalue weighted by atomic mass is 10.00. The number of fused-ring (bicyclic) bond motifs is 1. The zero-order valence-corrected chi connectivity index (χ0v) is 13.2. The topological polar surface area (TPSA) is 38.3 Å². The van der Waals surface area contributed by atoms with Crippen molar-refractivity contribution in [1.82, 2.24) is 5.32 Å². The Morgan fingerprint density at radius 3 is 2.95 bits per heavy atom. The molecule has 0 saturated heterocycles. The fourth-order valence-electron chi connectivity index (χ4n) is 2.34. The van der Waals surface area contributed by atoms with Crippen LogP contribution in [0.2, 0.25) is 10.0 Å². The fraction of sp³-hybridized carbons (Fsp3) is 0.538. The van der Waals surface area contributed by atoms with Gasteiger partial charge in [0.05, 0.1) is 11.6 Å². The molecular formula is C13H17Cl2NO2S. The van der Waals surface area contributed by atoms with Crippen molar-refractivity contribution in [3.05, 3.63) is 27.7 Å². The van der Waals surface area contributed by atoms with E-state index in [1.54, 1.807) is 12.3 Å². The Morgan fingerprint density at radius 1 is 1.53 bits per heavy atom. The molecule has 0 spiro atoms. The van der Waals surface area contributed by atoms with Crippen LogP contribution in [0.3, 0.4) is 0 Å². The van der Waals surface area contributed by atoms with Gasteiger partial charge in [0, 0.05) is 51.9 Å². The summed E-state index contributed by atoms with van der Waals surface area (Å²) in [5.41, 5.74) is 0.984. The summed E-state index contributed by atoms with van der Waals surface area (Å²) in [7, 11) is -0.812. The summed E-state index contributed by atoms with van der Waals surface area (Å²) >= 11 is 12.2. The summed E-state index contributed by atoms with van der Waals surface area (Å²) in [6, 6.07) is 3.88. The molecule has 0 fully saturated rings. The first kappa shape index (κ1) is 15.1. The van der Waals surface area contributed by atoms with Crippen LogP contribution in [0.25, 0.3) is 0 Å². The van der Waals surface area contributed by atoms with E-state index in [0.717, 1.165) is 12.0 Å². The van der Waals surface area contributed by atoms with Crippen LogP contribution in [0.4, 0.5) is 0 Å². The van der Waals surface area contributed by atoms with E-state index in [1.807, 2.05) is 13.0 Å². The maximum Gasteiger partial charge on any atom is 0.142 e. The third kappa shape index (κ3) is 3.85. The largest absolute Gasteiger partial charge is 0.492 e. The number of rotatable bonds is 4. The van der Waals surface area contributed by atoms with Crippen molar-refractivity contribution in [3.63, 3.8) is 0 Å². The molecule has 0 saturated carbocycles. The van der Waals surface area contributed by atoms with E-state index in [9.17, 15) is 4.21 Å². The van der Waals surface area contributed by atoms with Crippen LogP contribution in [0.15, 0.2) is 12.1 Å². The predicted molar refractivity (Wildman–Crippen MR) is 80.8 cm³/mol. The van der Waals surface area contributed by atoms with Gasteiger partial charge < -0.3 is 10.1 Å². The van der Waals surface area contributed by atoms with E-state index in [1.165, 1.54) is 0 Å². The average molecular weight is 322 g/mol. The van der Waals surface area contributed by atoms with E-state index >= 15 is 0 Å². The molecule has 1 N–H and O–H groups in total. The maximum atomic E-state index is 11.3. The maximum absolute atomic E-state index is 11.3. The van der Waals surface area contributed by atoms with Gasteiger partial charge in [0.15, 0.2) is 0 Å². The molecule has 3 atom stereocenters. The lowest BCUT2D eigenvalue weighted by Gasteiger charge is -2.30. The van der Waals surface area contributed by atoms with Gasteiger partial charge in [0.25, 0.3) is 0 Å². The third-order valence-corrected chi connectivity index (χ3v) is 4.50. The first-order valence-electron chi connectivity index (χ1n) is 6.15. The van der Waals surface area contributed by atoms with Crippen molar-refractivity contribution >= 4 is 34.0 Å². The van der Waals surface area contributed by atoms with Gasteiger partial charge in [-0.2, -0.15) is 0 Å². The first-order chi connectivity index (χ1) is 8.97. The van der Waals surface area contributed by atoms with Gasteiger partial charge >= 0.3 is 0 Å². The van der Waals surface area contributed by atoms with Gasteiger partial charge in [-0.1, -0.05) is 23.2 Å². The highest BCUT2D eigenvalue weighted by molar-refractivity contribution is 7.84. The molecular weight excluding hydrogens is 305 g/mol. The third-order valence-electron chi connectivity index (χ3n) is 3.04. The molecule has 0 aromatic heterocycles. The molecule has 19 heavy (non-hydrogen) atoms. The SMILES string of the molecule is CC(CS(C)=O)NC1CCOc2c(Cl)cc(Cl)cc21. The van der Waals surface area contributed by atoms with Crippen LogP contribution in [0.5, 0.6) is 5.75 Å². The van der Waals surface area contributed by atoms with Gasteiger partial charge in [0.2, 0.25) is 0 Å². The zero-order valence-electron chi connectivity index (χ0n) is 10.9. The Morgan fingerprint density at radius 2 is 2.26 bits per heavy atom. The van der Waals surface area contributed by atoms with Crippen molar-refractivity contribution < 1.29 is 8.95 Å². The molecule has 3 nitrogen and oxygen atoms in total. The normalized spacial score (nSPS) is 21.4. The molecule has 0 bridgehead atoms. The summed E-state index contributed by atoms with van der Waals surface area (Å²) < 4.78 is 16.9. The Bertz CT molecular complexity index is 496. The molecule has 0 aliphatic carbocycles. The Hall–Kier alpha value is -0.290. The second-order valence-electron chi connectivity index (χ2n) is 4.80. The standard InChI is InChI=1S/C13H17Cl2NO2S/c1-8(7-19(2)17)16-12-3-4-18-13-10(12)5-9(14)6-11(13)15/h5-6,8,12,16H,3-4,7H2,1-2H3. The van der Waals surface area contributed by atoms with Crippen molar-refractivity contribution in [2.45, 2.75) is 25.4 Å². The van der Waals surface area contributed by atoms with E-state index in [-0.39, 0.29) is 12.1 Å². The summed E-state index contributed by atoms with van der Waals surface area (Å²) in [6.45, 7) is 2.65. The van der Waals surface area contributed by atoms with Gasteiger partial charge in [-0.15, -0.1) is 0 Å². The molecule has 106 valence electrons. The molecule has 0 radical (unpaired) electrons. The van der Waals surface area contributed by atoms with Crippen molar-refractivity contribution in [2.24, 2.45) is 0 Å². The number of halogens is 2. The summed E-state index contributed by atoms with van der Waals surface area (Å²) in [4.78, 5) is 0. The van der Waals surface area contributed by atoms with Crippen LogP contribution in [0.1, 0.15) is 24.9 Å². The molecule has 6 heteroatoms. The lowest BCUT2D eigenvalue weighted by Crippen LogP contribution is -2.36. The number of hydrogen-bond donors (Lipinski definition) is 1. The minimum Gasteiger partial charge on any atom is -0.492 e. The van der Waals surface area contributed by atoms with Crippen molar-refractivity contribution in [1.29, 1.82) is 0 Å². The summed E-state index contributed by atoms with van der Waals surface area (Å²) in [5, 5.41) is 4.62. The Balaban J connectivity index is 2.20. The molecule has 1 aromatic rings. The van der Waals surface area contributed by atoms with Crippen LogP contribution in [-0.4, -0.2) is 28.9 Å². The number of hydrogen-bond acceptors (Lipinski definition) is 3. The van der Waals surface area contributed by atoms with Crippen LogP contribution >= 0.6 is 23.2 Å². The molecule has 0 amide bonds. The summed E-state index contributed by atoms with van der Waals surface area (Å²) in [6.07, 6.45) is 2.56. The highest BCUT2D eigenvalue weighted by atomic mass is 35.5. The van der Waals surface area contributed by atoms with Crippen LogP contribution in [-0.2, 0) is 10.8 Å². The number of ether oxygens (including phenoxy) is 1. The van der Waals surface area contributed by atoms with Crippen molar-refractivity contribution in [3.8, 4) is 5.75 Å². The molecule has 1 aromatic carbocycles. The predicted octanol–water partition coefficient (Wildman–Crippen LogP) is 3.17. The van der Waals surface area contributed by atoms with Crippen molar-refractivity contribution in [2.75, 3.05) is 18.6 Å². The fourth-order valence-corrected chi connectivity index (χ4v) is 3.71. The van der Waals surface area contributed by atoms with E-state index < -0.39 is 10.8 Å². The Labute approximate surface area is 126 Å². The van der Waals surface area contributed by atoms with Gasteiger partial charge in [0.1, 0.15) is 5.75 Å². The minimum absolute atomic E-state index is 0.137. The highest BCUT2D eigenvalue weighted by Crippen LogP contribution is 2.40. The van der Waals surface area contributed by atoms with Gasteiger partial charge in [-0.05, 0) is 19.1 Å². The van der Waals surface area contributed by atoms with Crippen LogP contribution < -0.4 is 10.1 Å². The zero-order chi connectivity index (χ0) is 14.0. The smallest absolute Gasteiger partial charge is 0.142 e. The highest BCUT2D eigenvalue weighted by Gasteiger charge is 2.25. The number of benzene rings is 1. The Kier molecular flexibility index (Phi) is 5.12. The van der Waals surface area contributed by atoms with Crippen LogP contribution in [0, 0.1) is 0 Å². The molecule has 1 heterocycles. The molecule has 1 aliphatic heterocycles. The number of nitrogens with one attached hydrogen (secondary N) is 1. The van der Waals surface area contributed by atoms with E-state index in [2.05, 4.69) is 5.32 Å². The summed E-state index contributed by atoms with van der Waals surface area (Å²) in [5.74, 6) is 1.33. The second kappa shape index (κ2) is 6.44. The molecule has 1 aliphatic rings. The van der Waals surface area contributed by atoms with Gasteiger partial charge in [-0.25, -0.2) is 0 Å². The van der Waals surface area contributed by atoms with E-state index in [0.29, 0.717) is 28.2 Å². The monoisotopic (exact) mass is 321 g/mol. The van der Waals surface area contributed by atoms with Gasteiger partial charge in [-0.3, -0.25) is 4.21 Å². The first-order valence-corrected chi connectivity index (χ1v) is 8.63. The average Bonchev–Trinajstić information content (AvgIpc) is 2.29. The molecule has 2 rings (SSSR count). The molecule has 3 unspecified atom stereocenters. The second-order valence-corrected chi connectivity index (χ2v) is 7.13. The van der Waals surface area contributed by atoms with E-state index in [4.69, 9.17) is 27.9 Å². The lowest BCUT2D eigenvalue weighted by molar-refractivity contribution is 0.248. The minimum atomic E-state index is -0.812.